The van der Waals surface area contributed by atoms with E-state index in [4.69, 9.17) is 0 Å². The van der Waals surface area contributed by atoms with Crippen molar-refractivity contribution in [2.75, 3.05) is 35.0 Å². The minimum absolute atomic E-state index is 0.757. The number of nitrogens with zero attached hydrogens (tertiary/aromatic N) is 1. The van der Waals surface area contributed by atoms with Crippen LogP contribution in [0, 0.1) is 16.0 Å². The van der Waals surface area contributed by atoms with Crippen molar-refractivity contribution in [1.82, 2.24) is 0 Å². The minimum Gasteiger partial charge on any atom is -0.468 e. The summed E-state index contributed by atoms with van der Waals surface area (Å²) in [5.41, 5.74) is -1.71. The van der Waals surface area contributed by atoms with Crippen molar-refractivity contribution in [3.8, 4) is 0 Å². The normalized spacial score (nSPS) is 9.61. The van der Waals surface area contributed by atoms with Gasteiger partial charge < -0.3 is 18.9 Å². The van der Waals surface area contributed by atoms with Crippen molar-refractivity contribution < 1.29 is 43.0 Å². The van der Waals surface area contributed by atoms with Gasteiger partial charge in [-0.15, -0.1) is 0 Å². The Morgan fingerprint density at radius 2 is 1.26 bits per heavy atom. The van der Waals surface area contributed by atoms with Gasteiger partial charge in [-0.25, -0.2) is 9.59 Å². The Kier molecular flexibility index (Phi) is 7.94. The topological polar surface area (TPSA) is 148 Å². The molecule has 0 aromatic carbocycles. The third-order valence-electron chi connectivity index (χ3n) is 2.62. The van der Waals surface area contributed by atoms with Crippen LogP contribution in [0.25, 0.3) is 0 Å². The summed E-state index contributed by atoms with van der Waals surface area (Å²) < 4.78 is 17.4. The maximum Gasteiger partial charge on any atom is 0.345 e. The second-order valence-electron chi connectivity index (χ2n) is 3.85. The lowest BCUT2D eigenvalue weighted by molar-refractivity contribution is -0.471. The lowest BCUT2D eigenvalue weighted by Gasteiger charge is -2.16. The van der Waals surface area contributed by atoms with Gasteiger partial charge in [0.25, 0.3) is 0 Å². The highest BCUT2D eigenvalue weighted by Gasteiger charge is 2.41. The van der Waals surface area contributed by atoms with Crippen LogP contribution in [0.15, 0.2) is 11.1 Å². The summed E-state index contributed by atoms with van der Waals surface area (Å²) in [6.07, 6.45) is 0. The number of rotatable bonds is 7. The molecule has 0 aliphatic carbocycles. The van der Waals surface area contributed by atoms with Gasteiger partial charge in [0.05, 0.1) is 28.4 Å². The van der Waals surface area contributed by atoms with Crippen LogP contribution >= 0.6 is 0 Å². The predicted octanol–water partition coefficient (Wildman–Crippen LogP) is -1.13. The molecule has 0 saturated heterocycles. The van der Waals surface area contributed by atoms with Gasteiger partial charge in [0, 0.05) is 10.5 Å². The highest BCUT2D eigenvalue weighted by atomic mass is 16.6. The van der Waals surface area contributed by atoms with E-state index in [0.717, 1.165) is 28.4 Å². The molecule has 0 unspecified atom stereocenters. The lowest BCUT2D eigenvalue weighted by atomic mass is 9.93. The molecule has 0 saturated carbocycles. The third kappa shape index (κ3) is 5.05. The van der Waals surface area contributed by atoms with Gasteiger partial charge in [-0.3, -0.25) is 19.7 Å². The Balaban J connectivity index is 6.51. The maximum atomic E-state index is 11.8. The standard InChI is InChI=1S/C12H15NO10/c1-20-9(14)7(10(15)21-2)6(5-13(18)19)8(11(16)22-3)12(17)23-4/h7H,5H2,1-4H3. The van der Waals surface area contributed by atoms with Crippen LogP contribution in [0.5, 0.6) is 0 Å². The number of esters is 4. The van der Waals surface area contributed by atoms with Crippen LogP contribution in [-0.2, 0) is 38.1 Å². The Hall–Kier alpha value is -2.98. The molecule has 11 heteroatoms. The summed E-state index contributed by atoms with van der Waals surface area (Å²) >= 11 is 0. The number of hydrogen-bond donors (Lipinski definition) is 0. The Morgan fingerprint density at radius 1 is 0.870 bits per heavy atom. The molecular weight excluding hydrogens is 318 g/mol. The summed E-state index contributed by atoms with van der Waals surface area (Å²) in [4.78, 5) is 56.9. The monoisotopic (exact) mass is 333 g/mol. The number of carbonyl (C=O) groups is 4. The van der Waals surface area contributed by atoms with Crippen LogP contribution in [-0.4, -0.2) is 63.8 Å². The average Bonchev–Trinajstić information content (AvgIpc) is 2.53. The smallest absolute Gasteiger partial charge is 0.345 e. The van der Waals surface area contributed by atoms with Crippen molar-refractivity contribution in [3.05, 3.63) is 21.3 Å². The number of hydrogen-bond acceptors (Lipinski definition) is 10. The van der Waals surface area contributed by atoms with E-state index in [2.05, 4.69) is 18.9 Å². The van der Waals surface area contributed by atoms with Crippen molar-refractivity contribution in [2.24, 2.45) is 5.92 Å². The summed E-state index contributed by atoms with van der Waals surface area (Å²) in [5.74, 6) is -7.13. The lowest BCUT2D eigenvalue weighted by Crippen LogP contribution is -2.34. The number of methoxy groups -OCH3 is 4. The number of carbonyl (C=O) groups excluding carboxylic acids is 4. The van der Waals surface area contributed by atoms with Gasteiger partial charge in [0.15, 0.2) is 11.5 Å². The Morgan fingerprint density at radius 3 is 1.52 bits per heavy atom. The fraction of sp³-hybridized carbons (Fsp3) is 0.500. The van der Waals surface area contributed by atoms with Gasteiger partial charge in [0.1, 0.15) is 0 Å². The molecule has 0 heterocycles. The first-order valence-electron chi connectivity index (χ1n) is 5.92. The van der Waals surface area contributed by atoms with Gasteiger partial charge >= 0.3 is 23.9 Å². The summed E-state index contributed by atoms with van der Waals surface area (Å²) in [5, 5.41) is 10.8. The first-order chi connectivity index (χ1) is 10.7. The fourth-order valence-corrected chi connectivity index (χ4v) is 1.62. The predicted molar refractivity (Wildman–Crippen MR) is 70.4 cm³/mol. The van der Waals surface area contributed by atoms with Crippen molar-refractivity contribution in [2.45, 2.75) is 0 Å². The number of nitro groups is 1. The largest absolute Gasteiger partial charge is 0.468 e. The molecule has 0 amide bonds. The summed E-state index contributed by atoms with van der Waals surface area (Å²) in [6.45, 7) is -1.19. The van der Waals surface area contributed by atoms with E-state index in [1.165, 1.54) is 0 Å². The molecule has 0 rings (SSSR count). The molecule has 11 nitrogen and oxygen atoms in total. The second-order valence-corrected chi connectivity index (χ2v) is 3.85. The Bertz CT molecular complexity index is 516. The average molecular weight is 333 g/mol. The summed E-state index contributed by atoms with van der Waals surface area (Å²) in [7, 11) is 3.64. The van der Waals surface area contributed by atoms with Crippen molar-refractivity contribution in [3.63, 3.8) is 0 Å². The molecule has 23 heavy (non-hydrogen) atoms. The molecule has 0 aliphatic rings. The second kappa shape index (κ2) is 9.12. The van der Waals surface area contributed by atoms with Gasteiger partial charge in [-0.2, -0.15) is 0 Å². The minimum atomic E-state index is -2.00. The van der Waals surface area contributed by atoms with Crippen LogP contribution in [0.4, 0.5) is 0 Å². The highest BCUT2D eigenvalue weighted by Crippen LogP contribution is 2.21. The first kappa shape index (κ1) is 20.0. The van der Waals surface area contributed by atoms with Gasteiger partial charge in [-0.05, 0) is 0 Å². The van der Waals surface area contributed by atoms with E-state index in [-0.39, 0.29) is 0 Å². The van der Waals surface area contributed by atoms with Crippen LogP contribution in [0.3, 0.4) is 0 Å². The van der Waals surface area contributed by atoms with Gasteiger partial charge in [0.2, 0.25) is 6.54 Å². The van der Waals surface area contributed by atoms with E-state index >= 15 is 0 Å². The molecule has 0 bridgehead atoms. The van der Waals surface area contributed by atoms with Crippen LogP contribution < -0.4 is 0 Å². The van der Waals surface area contributed by atoms with E-state index in [1.807, 2.05) is 0 Å². The molecule has 0 aromatic heterocycles. The van der Waals surface area contributed by atoms with Crippen molar-refractivity contribution >= 4 is 23.9 Å². The molecule has 0 spiro atoms. The molecule has 0 fully saturated rings. The fourth-order valence-electron chi connectivity index (χ4n) is 1.62. The maximum absolute atomic E-state index is 11.8. The molecule has 0 radical (unpaired) electrons. The SMILES string of the molecule is COC(=O)C(C(=O)OC)=C(C[N+](=O)[O-])C(C(=O)OC)C(=O)OC. The molecule has 0 aliphatic heterocycles. The van der Waals surface area contributed by atoms with Crippen LogP contribution in [0.1, 0.15) is 0 Å². The Labute approximate surface area is 130 Å². The molecule has 0 atom stereocenters. The van der Waals surface area contributed by atoms with Crippen molar-refractivity contribution in [1.29, 1.82) is 0 Å². The highest BCUT2D eigenvalue weighted by molar-refractivity contribution is 6.16. The zero-order valence-electron chi connectivity index (χ0n) is 12.8. The van der Waals surface area contributed by atoms with E-state index < -0.39 is 52.4 Å². The molecule has 0 aromatic rings. The van der Waals surface area contributed by atoms with E-state index in [9.17, 15) is 29.3 Å². The van der Waals surface area contributed by atoms with Crippen LogP contribution in [0.2, 0.25) is 0 Å². The quantitative estimate of drug-likeness (QED) is 0.106. The van der Waals surface area contributed by atoms with Gasteiger partial charge in [-0.1, -0.05) is 0 Å². The van der Waals surface area contributed by atoms with E-state index in [1.54, 1.807) is 0 Å². The number of ether oxygens (including phenoxy) is 4. The molecule has 0 N–H and O–H groups in total. The third-order valence-corrected chi connectivity index (χ3v) is 2.62. The van der Waals surface area contributed by atoms with E-state index in [0.29, 0.717) is 0 Å². The zero-order valence-corrected chi connectivity index (χ0v) is 12.8. The first-order valence-corrected chi connectivity index (χ1v) is 5.92. The molecular formula is C12H15NO10. The zero-order chi connectivity index (χ0) is 18.2. The molecule has 128 valence electrons. The summed E-state index contributed by atoms with van der Waals surface area (Å²) in [6, 6.07) is 0.